The predicted molar refractivity (Wildman–Crippen MR) is 143 cm³/mol. The minimum atomic E-state index is -2.64. The molecule has 1 N–H and O–H groups in total. The van der Waals surface area contributed by atoms with Crippen molar-refractivity contribution in [1.82, 2.24) is 20.1 Å². The van der Waals surface area contributed by atoms with Crippen molar-refractivity contribution in [2.45, 2.75) is 75.6 Å². The Balaban J connectivity index is 1.21. The molecule has 0 aliphatic carbocycles. The van der Waals surface area contributed by atoms with Crippen LogP contribution in [0.2, 0.25) is 0 Å². The topological polar surface area (TPSA) is 81.2 Å². The van der Waals surface area contributed by atoms with Gasteiger partial charge in [-0.25, -0.2) is 18.6 Å². The van der Waals surface area contributed by atoms with Gasteiger partial charge in [-0.3, -0.25) is 9.69 Å². The van der Waals surface area contributed by atoms with E-state index in [1.165, 1.54) is 6.08 Å². The van der Waals surface area contributed by atoms with Gasteiger partial charge in [0.25, 0.3) is 6.43 Å². The summed E-state index contributed by atoms with van der Waals surface area (Å²) >= 11 is 0. The quantitative estimate of drug-likeness (QED) is 0.584. The van der Waals surface area contributed by atoms with Crippen molar-refractivity contribution in [2.75, 3.05) is 55.6 Å². The molecule has 9 nitrogen and oxygen atoms in total. The number of anilines is 2. The molecule has 4 saturated heterocycles. The number of ether oxygens (including phenoxy) is 1. The third-order valence-electron chi connectivity index (χ3n) is 9.80. The minimum absolute atomic E-state index is 0.0256. The first-order chi connectivity index (χ1) is 18.6. The Morgan fingerprint density at radius 1 is 1.18 bits per heavy atom. The summed E-state index contributed by atoms with van der Waals surface area (Å²) in [6, 6.07) is 2.63. The van der Waals surface area contributed by atoms with E-state index in [2.05, 4.69) is 31.6 Å². The molecule has 0 bridgehead atoms. The number of alkyl carbamates (subject to hydrolysis) is 1. The molecule has 2 unspecified atom stereocenters. The van der Waals surface area contributed by atoms with E-state index in [0.717, 1.165) is 38.2 Å². The monoisotopic (exact) mass is 544 g/mol. The molecule has 1 aromatic heterocycles. The lowest BCUT2D eigenvalue weighted by Crippen LogP contribution is -2.69. The summed E-state index contributed by atoms with van der Waals surface area (Å²) in [7, 11) is 0. The molecule has 6 heterocycles. The highest BCUT2D eigenvalue weighted by Gasteiger charge is 2.56. The largest absolute Gasteiger partial charge is 0.440 e. The van der Waals surface area contributed by atoms with Crippen LogP contribution in [0.25, 0.3) is 0 Å². The number of aromatic nitrogens is 1. The van der Waals surface area contributed by atoms with Crippen molar-refractivity contribution < 1.29 is 23.1 Å². The second kappa shape index (κ2) is 9.60. The van der Waals surface area contributed by atoms with Crippen LogP contribution in [-0.2, 0) is 16.0 Å². The first kappa shape index (κ1) is 26.3. The van der Waals surface area contributed by atoms with Crippen molar-refractivity contribution >= 4 is 23.5 Å². The van der Waals surface area contributed by atoms with E-state index in [9.17, 15) is 18.4 Å². The van der Waals surface area contributed by atoms with Gasteiger partial charge in [0.1, 0.15) is 17.1 Å². The Bertz CT molecular complexity index is 1160. The third-order valence-corrected chi connectivity index (χ3v) is 9.80. The average Bonchev–Trinajstić information content (AvgIpc) is 3.02. The van der Waals surface area contributed by atoms with Crippen molar-refractivity contribution in [3.05, 3.63) is 30.0 Å². The first-order valence-corrected chi connectivity index (χ1v) is 14.1. The molecule has 5 aliphatic rings. The number of nitrogens with one attached hydrogen (secondary N) is 1. The lowest BCUT2D eigenvalue weighted by Gasteiger charge is -2.55. The van der Waals surface area contributed by atoms with Crippen LogP contribution >= 0.6 is 0 Å². The Morgan fingerprint density at radius 3 is 2.51 bits per heavy atom. The van der Waals surface area contributed by atoms with Crippen LogP contribution in [0.1, 0.15) is 57.2 Å². The number of hydrogen-bond donors (Lipinski definition) is 1. The minimum Gasteiger partial charge on any atom is -0.440 e. The number of carbonyl (C=O) groups is 2. The van der Waals surface area contributed by atoms with Crippen LogP contribution in [0.15, 0.2) is 18.7 Å². The van der Waals surface area contributed by atoms with E-state index in [1.54, 1.807) is 0 Å². The Morgan fingerprint density at radius 2 is 1.90 bits per heavy atom. The van der Waals surface area contributed by atoms with Gasteiger partial charge in [0.15, 0.2) is 0 Å². The smallest absolute Gasteiger partial charge is 0.408 e. The highest BCUT2D eigenvalue weighted by molar-refractivity contribution is 5.87. The van der Waals surface area contributed by atoms with Crippen LogP contribution in [0, 0.1) is 0 Å². The van der Waals surface area contributed by atoms with Crippen molar-refractivity contribution in [1.29, 1.82) is 0 Å². The van der Waals surface area contributed by atoms with Crippen LogP contribution < -0.4 is 15.1 Å². The zero-order valence-corrected chi connectivity index (χ0v) is 22.8. The van der Waals surface area contributed by atoms with E-state index in [-0.39, 0.29) is 17.6 Å². The molecule has 5 aliphatic heterocycles. The average molecular weight is 545 g/mol. The molecular weight excluding hydrogens is 506 g/mol. The van der Waals surface area contributed by atoms with Gasteiger partial charge in [0, 0.05) is 88.1 Å². The zero-order valence-electron chi connectivity index (χ0n) is 22.8. The van der Waals surface area contributed by atoms with E-state index in [1.807, 2.05) is 24.8 Å². The summed E-state index contributed by atoms with van der Waals surface area (Å²) in [5.74, 6) is 0.553. The lowest BCUT2D eigenvalue weighted by molar-refractivity contribution is -0.128. The molecule has 4 fully saturated rings. The number of rotatable bonds is 4. The SMILES string of the molecule is C=CC(=O)N1CCN(C2CN3c4cc(N5CCC6(CC5)OC(=O)NC6(C)C)nc(C(F)F)c4CCCC23)CC1. The Labute approximate surface area is 228 Å². The number of amides is 2. The molecule has 0 saturated carbocycles. The number of pyridine rings is 1. The summed E-state index contributed by atoms with van der Waals surface area (Å²) in [5.41, 5.74) is 0.380. The van der Waals surface area contributed by atoms with Crippen molar-refractivity contribution in [2.24, 2.45) is 0 Å². The molecule has 0 radical (unpaired) electrons. The lowest BCUT2D eigenvalue weighted by atomic mass is 9.76. The summed E-state index contributed by atoms with van der Waals surface area (Å²) in [4.78, 5) is 37.2. The molecule has 1 aromatic rings. The van der Waals surface area contributed by atoms with Gasteiger partial charge in [-0.2, -0.15) is 0 Å². The molecule has 0 aromatic carbocycles. The fourth-order valence-electron chi connectivity index (χ4n) is 7.35. The second-order valence-electron chi connectivity index (χ2n) is 12.0. The number of piperidine rings is 1. The molecule has 6 rings (SSSR count). The molecule has 1 spiro atoms. The first-order valence-electron chi connectivity index (χ1n) is 14.1. The number of hydrogen-bond acceptors (Lipinski definition) is 7. The third kappa shape index (κ3) is 4.33. The fourth-order valence-corrected chi connectivity index (χ4v) is 7.35. The fraction of sp³-hybridized carbons (Fsp3) is 0.679. The highest BCUT2D eigenvalue weighted by atomic mass is 19.3. The van der Waals surface area contributed by atoms with Gasteiger partial charge in [0.05, 0.1) is 5.54 Å². The normalized spacial score (nSPS) is 27.8. The van der Waals surface area contributed by atoms with E-state index >= 15 is 0 Å². The molecule has 212 valence electrons. The van der Waals surface area contributed by atoms with E-state index in [4.69, 9.17) is 4.74 Å². The molecular formula is C28H38F2N6O3. The summed E-state index contributed by atoms with van der Waals surface area (Å²) < 4.78 is 34.4. The van der Waals surface area contributed by atoms with Crippen LogP contribution in [-0.4, -0.2) is 95.8 Å². The maximum absolute atomic E-state index is 14.3. The van der Waals surface area contributed by atoms with Gasteiger partial charge in [-0.15, -0.1) is 0 Å². The van der Waals surface area contributed by atoms with E-state index in [0.29, 0.717) is 62.9 Å². The maximum Gasteiger partial charge on any atom is 0.408 e. The van der Waals surface area contributed by atoms with Gasteiger partial charge in [0.2, 0.25) is 5.91 Å². The summed E-state index contributed by atoms with van der Waals surface area (Å²) in [5, 5.41) is 2.91. The van der Waals surface area contributed by atoms with Gasteiger partial charge in [-0.1, -0.05) is 6.58 Å². The molecule has 2 atom stereocenters. The number of halogens is 2. The van der Waals surface area contributed by atoms with Crippen molar-refractivity contribution in [3.8, 4) is 0 Å². The van der Waals surface area contributed by atoms with Crippen LogP contribution in [0.5, 0.6) is 0 Å². The number of carbonyl (C=O) groups excluding carboxylic acids is 2. The number of alkyl halides is 2. The zero-order chi connectivity index (χ0) is 27.5. The number of nitrogens with zero attached hydrogens (tertiary/aromatic N) is 5. The predicted octanol–water partition coefficient (Wildman–Crippen LogP) is 3.10. The maximum atomic E-state index is 14.3. The highest BCUT2D eigenvalue weighted by Crippen LogP contribution is 2.45. The Hall–Kier alpha value is -2.95. The summed E-state index contributed by atoms with van der Waals surface area (Å²) in [6.45, 7) is 12.5. The number of fused-ring (bicyclic) bond motifs is 3. The van der Waals surface area contributed by atoms with Crippen LogP contribution in [0.4, 0.5) is 25.1 Å². The van der Waals surface area contributed by atoms with Gasteiger partial charge < -0.3 is 24.8 Å². The molecule has 39 heavy (non-hydrogen) atoms. The van der Waals surface area contributed by atoms with Crippen LogP contribution in [0.3, 0.4) is 0 Å². The van der Waals surface area contributed by atoms with E-state index < -0.39 is 23.7 Å². The van der Waals surface area contributed by atoms with Gasteiger partial charge in [-0.05, 0) is 39.2 Å². The standard InChI is InChI=1S/C28H38F2N6O3/c1-4-23(37)35-14-12-33(13-15-35)21-17-36-19(21)7-5-6-18-20(36)16-22(31-24(18)25(29)30)34-10-8-28(9-11-34)27(2,3)32-26(38)39-28/h4,16,19,21,25H,1,5-15,17H2,2-3H3,(H,32,38). The van der Waals surface area contributed by atoms with Crippen molar-refractivity contribution in [3.63, 3.8) is 0 Å². The summed E-state index contributed by atoms with van der Waals surface area (Å²) in [6.07, 6.45) is 1.94. The second-order valence-corrected chi connectivity index (χ2v) is 12.0. The van der Waals surface area contributed by atoms with Gasteiger partial charge >= 0.3 is 6.09 Å². The number of piperazine rings is 1. The molecule has 11 heteroatoms. The molecule has 2 amide bonds. The Kier molecular flexibility index (Phi) is 6.47.